The lowest BCUT2D eigenvalue weighted by Gasteiger charge is -2.46. The average molecular weight is 1000 g/mol. The van der Waals surface area contributed by atoms with Crippen molar-refractivity contribution in [3.63, 3.8) is 0 Å². The van der Waals surface area contributed by atoms with Crippen LogP contribution < -0.4 is 5.32 Å². The van der Waals surface area contributed by atoms with E-state index in [-0.39, 0.29) is 18.9 Å². The third-order valence-electron chi connectivity index (χ3n) is 12.5. The van der Waals surface area contributed by atoms with Gasteiger partial charge in [-0.25, -0.2) is 0 Å². The summed E-state index contributed by atoms with van der Waals surface area (Å²) in [7, 11) is 0. The van der Waals surface area contributed by atoms with Gasteiger partial charge in [-0.2, -0.15) is 0 Å². The molecule has 2 rings (SSSR count). The van der Waals surface area contributed by atoms with Crippen molar-refractivity contribution in [2.45, 2.75) is 235 Å². The molecule has 2 fully saturated rings. The zero-order valence-electron chi connectivity index (χ0n) is 43.2. The first-order chi connectivity index (χ1) is 34.6. The maximum atomic E-state index is 13.2. The third-order valence-corrected chi connectivity index (χ3v) is 12.5. The van der Waals surface area contributed by atoms with E-state index >= 15 is 0 Å². The fourth-order valence-electron chi connectivity index (χ4n) is 8.16. The van der Waals surface area contributed by atoms with E-state index in [1.807, 2.05) is 12.2 Å². The Morgan fingerprint density at radius 1 is 0.521 bits per heavy atom. The maximum absolute atomic E-state index is 13.2. The summed E-state index contributed by atoms with van der Waals surface area (Å²) < 4.78 is 22.7. The zero-order chi connectivity index (χ0) is 51.7. The maximum Gasteiger partial charge on any atom is 0.220 e. The number of aliphatic hydroxyl groups excluding tert-OH is 8. The Hall–Kier alpha value is -3.09. The van der Waals surface area contributed by atoms with Crippen LogP contribution >= 0.6 is 0 Å². The number of hydrogen-bond donors (Lipinski definition) is 9. The van der Waals surface area contributed by atoms with E-state index in [1.54, 1.807) is 6.08 Å². The van der Waals surface area contributed by atoms with Crippen LogP contribution in [-0.2, 0) is 23.7 Å². The summed E-state index contributed by atoms with van der Waals surface area (Å²) in [6, 6.07) is -0.951. The number of unbranched alkanes of at least 4 members (excludes halogenated alkanes) is 13. The van der Waals surface area contributed by atoms with Crippen LogP contribution in [0.3, 0.4) is 0 Å². The Morgan fingerprint density at radius 3 is 1.48 bits per heavy atom. The van der Waals surface area contributed by atoms with E-state index in [2.05, 4.69) is 98.2 Å². The van der Waals surface area contributed by atoms with Crippen LogP contribution in [-0.4, -0.2) is 140 Å². The summed E-state index contributed by atoms with van der Waals surface area (Å²) in [4.78, 5) is 13.2. The highest BCUT2D eigenvalue weighted by molar-refractivity contribution is 5.76. The van der Waals surface area contributed by atoms with E-state index in [9.17, 15) is 45.6 Å². The van der Waals surface area contributed by atoms with E-state index in [4.69, 9.17) is 18.9 Å². The van der Waals surface area contributed by atoms with Crippen molar-refractivity contribution in [1.29, 1.82) is 0 Å². The van der Waals surface area contributed by atoms with Crippen LogP contribution in [0.15, 0.2) is 97.2 Å². The summed E-state index contributed by atoms with van der Waals surface area (Å²) in [6.45, 7) is 2.61. The summed E-state index contributed by atoms with van der Waals surface area (Å²) in [5.74, 6) is -0.302. The van der Waals surface area contributed by atoms with Crippen molar-refractivity contribution >= 4 is 5.91 Å². The van der Waals surface area contributed by atoms with Gasteiger partial charge in [0.1, 0.15) is 48.8 Å². The molecule has 14 heteroatoms. The highest BCUT2D eigenvalue weighted by atomic mass is 16.7. The van der Waals surface area contributed by atoms with Gasteiger partial charge in [-0.05, 0) is 70.6 Å². The quantitative estimate of drug-likeness (QED) is 0.0210. The molecule has 1 amide bonds. The zero-order valence-corrected chi connectivity index (χ0v) is 43.2. The number of hydrogen-bond acceptors (Lipinski definition) is 13. The monoisotopic (exact) mass is 1000 g/mol. The fourth-order valence-corrected chi connectivity index (χ4v) is 8.16. The first-order valence-electron chi connectivity index (χ1n) is 27.0. The predicted molar refractivity (Wildman–Crippen MR) is 281 cm³/mol. The standard InChI is InChI=1S/C57H95NO13/c1-3-5-7-9-11-13-15-17-19-20-21-22-23-24-25-26-27-29-31-33-35-37-39-41-49(62)58-45(46(61)40-38-36-34-32-30-28-18-16-14-12-10-8-6-4-2)44-68-56-54(67)52(65)55(48(43-60)70-56)71-57-53(66)51(64)50(63)47(42-59)69-57/h5,7,11,13,17,19,21-22,24-25,27,29,33,35,38,40,45-48,50-57,59-61,63-67H,3-4,6,8-10,12,14-16,18,20,23,26,28,30-32,34,36-37,39,41-44H2,1-2H3,(H,58,62)/b7-5-,13-11-,19-17-,22-21-,25-24-,29-27-,35-33-,40-38+. The van der Waals surface area contributed by atoms with Gasteiger partial charge in [-0.1, -0.05) is 182 Å². The van der Waals surface area contributed by atoms with Crippen LogP contribution in [0.4, 0.5) is 0 Å². The molecule has 12 atom stereocenters. The Morgan fingerprint density at radius 2 is 0.972 bits per heavy atom. The van der Waals surface area contributed by atoms with Crippen molar-refractivity contribution in [2.75, 3.05) is 19.8 Å². The number of nitrogens with one attached hydrogen (secondary N) is 1. The van der Waals surface area contributed by atoms with Crippen molar-refractivity contribution in [3.8, 4) is 0 Å². The summed E-state index contributed by atoms with van der Waals surface area (Å²) in [5.41, 5.74) is 0. The molecule has 0 aromatic rings. The van der Waals surface area contributed by atoms with Crippen molar-refractivity contribution < 1.29 is 64.6 Å². The first kappa shape index (κ1) is 64.0. The second kappa shape index (κ2) is 42.3. The van der Waals surface area contributed by atoms with Crippen LogP contribution in [0.5, 0.6) is 0 Å². The molecular weight excluding hydrogens is 907 g/mol. The summed E-state index contributed by atoms with van der Waals surface area (Å²) in [6.07, 6.45) is 40.2. The van der Waals surface area contributed by atoms with Crippen LogP contribution in [0.25, 0.3) is 0 Å². The lowest BCUT2D eigenvalue weighted by atomic mass is 9.97. The molecule has 0 spiro atoms. The van der Waals surface area contributed by atoms with Crippen molar-refractivity contribution in [3.05, 3.63) is 97.2 Å². The predicted octanol–water partition coefficient (Wildman–Crippen LogP) is 7.93. The Kier molecular flexibility index (Phi) is 38.1. The number of rotatable bonds is 40. The van der Waals surface area contributed by atoms with Gasteiger partial charge in [0, 0.05) is 6.42 Å². The Balaban J connectivity index is 1.85. The highest BCUT2D eigenvalue weighted by Crippen LogP contribution is 2.30. The molecule has 0 radical (unpaired) electrons. The number of carbonyl (C=O) groups is 1. The largest absolute Gasteiger partial charge is 0.394 e. The second-order valence-electron chi connectivity index (χ2n) is 18.6. The molecular formula is C57H95NO13. The molecule has 2 aliphatic heterocycles. The van der Waals surface area contributed by atoms with Gasteiger partial charge in [-0.3, -0.25) is 4.79 Å². The van der Waals surface area contributed by atoms with Crippen LogP contribution in [0.1, 0.15) is 162 Å². The normalized spacial score (nSPS) is 26.6. The number of ether oxygens (including phenoxy) is 4. The molecule has 2 saturated heterocycles. The van der Waals surface area contributed by atoms with Crippen LogP contribution in [0, 0.1) is 0 Å². The molecule has 0 aromatic carbocycles. The molecule has 406 valence electrons. The van der Waals surface area contributed by atoms with Gasteiger partial charge >= 0.3 is 0 Å². The molecule has 0 saturated carbocycles. The molecule has 2 heterocycles. The number of amides is 1. The van der Waals surface area contributed by atoms with Gasteiger partial charge in [0.05, 0.1) is 32.0 Å². The van der Waals surface area contributed by atoms with Gasteiger partial charge in [0.25, 0.3) is 0 Å². The third kappa shape index (κ3) is 28.8. The summed E-state index contributed by atoms with van der Waals surface area (Å²) >= 11 is 0. The molecule has 71 heavy (non-hydrogen) atoms. The minimum absolute atomic E-state index is 0.195. The molecule has 14 nitrogen and oxygen atoms in total. The Labute approximate surface area is 426 Å². The molecule has 12 unspecified atom stereocenters. The number of carbonyl (C=O) groups excluding carboxylic acids is 1. The topological polar surface area (TPSA) is 228 Å². The number of allylic oxidation sites excluding steroid dienone is 15. The highest BCUT2D eigenvalue weighted by Gasteiger charge is 2.51. The van der Waals surface area contributed by atoms with E-state index in [1.165, 1.54) is 57.8 Å². The average Bonchev–Trinajstić information content (AvgIpc) is 3.37. The lowest BCUT2D eigenvalue weighted by Crippen LogP contribution is -2.65. The molecule has 0 bridgehead atoms. The molecule has 0 aliphatic carbocycles. The van der Waals surface area contributed by atoms with Crippen molar-refractivity contribution in [1.82, 2.24) is 5.32 Å². The first-order valence-corrected chi connectivity index (χ1v) is 27.0. The van der Waals surface area contributed by atoms with Gasteiger partial charge < -0.3 is 65.1 Å². The number of aliphatic hydroxyl groups is 8. The minimum Gasteiger partial charge on any atom is -0.394 e. The van der Waals surface area contributed by atoms with Gasteiger partial charge in [0.2, 0.25) is 5.91 Å². The molecule has 0 aromatic heterocycles. The lowest BCUT2D eigenvalue weighted by molar-refractivity contribution is -0.359. The SMILES string of the molecule is CC/C=C\C/C=C\C/C=C\C/C=C\C/C=C\C/C=C\C/C=C\CCCC(=O)NC(COC1OC(CO)C(OC2OC(CO)C(O)C(O)C2O)C(O)C1O)C(O)/C=C/CCCCCCCCCCCCCC. The van der Waals surface area contributed by atoms with Gasteiger partial charge in [0.15, 0.2) is 12.6 Å². The molecule has 2 aliphatic rings. The van der Waals surface area contributed by atoms with E-state index in [0.717, 1.165) is 70.6 Å². The van der Waals surface area contributed by atoms with E-state index in [0.29, 0.717) is 12.8 Å². The smallest absolute Gasteiger partial charge is 0.220 e. The van der Waals surface area contributed by atoms with Gasteiger partial charge in [-0.15, -0.1) is 0 Å². The van der Waals surface area contributed by atoms with E-state index < -0.39 is 86.8 Å². The summed E-state index contributed by atoms with van der Waals surface area (Å²) in [5, 5.41) is 86.8. The fraction of sp³-hybridized carbons (Fsp3) is 0.702. The second-order valence-corrected chi connectivity index (χ2v) is 18.6. The van der Waals surface area contributed by atoms with Crippen molar-refractivity contribution in [2.24, 2.45) is 0 Å². The van der Waals surface area contributed by atoms with Crippen LogP contribution in [0.2, 0.25) is 0 Å². The Bertz CT molecular complexity index is 1560. The minimum atomic E-state index is -1.80. The molecule has 9 N–H and O–H groups in total.